The monoisotopic (exact) mass is 860 g/mol. The molecular weight excluding hydrogens is 836 g/mol. The van der Waals surface area contributed by atoms with Gasteiger partial charge in [-0.2, -0.15) is 0 Å². The van der Waals surface area contributed by atoms with E-state index in [1.54, 1.807) is 48.5 Å². The second kappa shape index (κ2) is 16.8. The third kappa shape index (κ3) is 9.67. The SMILES string of the molecule is COc1cc(Nc2nc3ccccc3nc2NS(=O)(=O)c2cccc([N+](=O)[O-])c2)cc([N+](=O)[O-])c1.O=[N+]([O-])c1cccc(S(=O)(=O)Nc2nc3ccccc3nc2Cl)c1. The van der Waals surface area contributed by atoms with E-state index in [0.29, 0.717) is 22.1 Å². The Morgan fingerprint density at radius 2 is 0.983 bits per heavy atom. The van der Waals surface area contributed by atoms with E-state index in [1.807, 2.05) is 0 Å². The molecule has 0 atom stereocenters. The van der Waals surface area contributed by atoms with Crippen LogP contribution in [0.25, 0.3) is 22.1 Å². The molecule has 59 heavy (non-hydrogen) atoms. The van der Waals surface area contributed by atoms with E-state index < -0.39 is 40.5 Å². The van der Waals surface area contributed by atoms with E-state index in [4.69, 9.17) is 16.3 Å². The largest absolute Gasteiger partial charge is 0.496 e. The first-order valence-corrected chi connectivity index (χ1v) is 19.7. The number of nitro groups is 3. The van der Waals surface area contributed by atoms with Crippen molar-refractivity contribution >= 4 is 93.9 Å². The van der Waals surface area contributed by atoms with Gasteiger partial charge in [-0.15, -0.1) is 0 Å². The van der Waals surface area contributed by atoms with Gasteiger partial charge in [-0.1, -0.05) is 48.0 Å². The molecule has 0 bridgehead atoms. The number of halogens is 1. The van der Waals surface area contributed by atoms with Gasteiger partial charge < -0.3 is 10.1 Å². The topological polar surface area (TPSA) is 295 Å². The number of benzene rings is 5. The highest BCUT2D eigenvalue weighted by molar-refractivity contribution is 7.93. The van der Waals surface area contributed by atoms with Crippen molar-refractivity contribution < 1.29 is 36.3 Å². The Morgan fingerprint density at radius 1 is 0.542 bits per heavy atom. The van der Waals surface area contributed by atoms with Gasteiger partial charge in [-0.05, 0) is 36.4 Å². The number of hydrogen-bond acceptors (Lipinski definition) is 16. The minimum Gasteiger partial charge on any atom is -0.496 e. The van der Waals surface area contributed by atoms with Crippen LogP contribution in [0.3, 0.4) is 0 Å². The van der Waals surface area contributed by atoms with Gasteiger partial charge in [0.2, 0.25) is 0 Å². The van der Waals surface area contributed by atoms with Gasteiger partial charge in [-0.3, -0.25) is 39.8 Å². The smallest absolute Gasteiger partial charge is 0.275 e. The van der Waals surface area contributed by atoms with Gasteiger partial charge >= 0.3 is 0 Å². The van der Waals surface area contributed by atoms with Crippen LogP contribution in [0.5, 0.6) is 5.75 Å². The molecule has 21 nitrogen and oxygen atoms in total. The van der Waals surface area contributed by atoms with Crippen molar-refractivity contribution in [2.75, 3.05) is 21.9 Å². The standard InChI is InChI=1S/C21H16N6O7S.C14H9ClN4O4S/c1-34-16-10-13(9-15(11-16)27(30)31)22-20-21(24-19-8-3-2-7-18(19)23-20)25-35(32,33)17-6-4-5-14(12-17)26(28)29;15-13-14(17-12-7-2-1-6-11(12)16-13)18-24(22,23)10-5-3-4-9(8-10)19(20)21/h2-12H,1H3,(H,22,23)(H,24,25);1-8H,(H,17,18). The fourth-order valence-corrected chi connectivity index (χ4v) is 7.45. The third-order valence-electron chi connectivity index (χ3n) is 7.84. The lowest BCUT2D eigenvalue weighted by Crippen LogP contribution is -2.16. The Hall–Kier alpha value is -7.63. The Bertz CT molecular complexity index is 3030. The number of anilines is 4. The van der Waals surface area contributed by atoms with Gasteiger partial charge in [-0.25, -0.2) is 36.8 Å². The van der Waals surface area contributed by atoms with Crippen molar-refractivity contribution in [2.45, 2.75) is 9.79 Å². The first kappa shape index (κ1) is 41.0. The lowest BCUT2D eigenvalue weighted by atomic mass is 10.2. The molecule has 0 aliphatic rings. The molecule has 0 aliphatic carbocycles. The summed E-state index contributed by atoms with van der Waals surface area (Å²) in [7, 11) is -7.07. The normalized spacial score (nSPS) is 11.2. The maximum absolute atomic E-state index is 13.0. The molecule has 0 unspecified atom stereocenters. The van der Waals surface area contributed by atoms with Crippen LogP contribution in [0, 0.1) is 30.3 Å². The van der Waals surface area contributed by atoms with Crippen molar-refractivity contribution in [1.82, 2.24) is 19.9 Å². The van der Waals surface area contributed by atoms with Gasteiger partial charge in [0, 0.05) is 36.4 Å². The number of non-ortho nitro benzene ring substituents is 3. The van der Waals surface area contributed by atoms with E-state index in [9.17, 15) is 47.2 Å². The lowest BCUT2D eigenvalue weighted by Gasteiger charge is -2.14. The Balaban J connectivity index is 0.000000213. The van der Waals surface area contributed by atoms with E-state index in [2.05, 4.69) is 34.7 Å². The quantitative estimate of drug-likeness (QED) is 0.0823. The number of methoxy groups -OCH3 is 1. The average molecular weight is 861 g/mol. The maximum atomic E-state index is 13.0. The predicted molar refractivity (Wildman–Crippen MR) is 215 cm³/mol. The van der Waals surface area contributed by atoms with Crippen molar-refractivity contribution in [3.05, 3.63) is 151 Å². The number of rotatable bonds is 12. The van der Waals surface area contributed by atoms with Gasteiger partial charge in [0.1, 0.15) is 5.75 Å². The minimum atomic E-state index is -4.32. The molecule has 0 fully saturated rings. The number of nitro benzene ring substituents is 3. The van der Waals surface area contributed by atoms with Crippen molar-refractivity contribution in [2.24, 2.45) is 0 Å². The molecule has 2 heterocycles. The summed E-state index contributed by atoms with van der Waals surface area (Å²) in [5.74, 6) is -0.239. The summed E-state index contributed by atoms with van der Waals surface area (Å²) in [4.78, 5) is 47.4. The summed E-state index contributed by atoms with van der Waals surface area (Å²) >= 11 is 5.97. The van der Waals surface area contributed by atoms with Crippen LogP contribution in [0.15, 0.2) is 125 Å². The van der Waals surface area contributed by atoms with Crippen molar-refractivity contribution in [3.63, 3.8) is 0 Å². The van der Waals surface area contributed by atoms with Crippen LogP contribution in [-0.4, -0.2) is 58.7 Å². The van der Waals surface area contributed by atoms with E-state index in [0.717, 1.165) is 18.2 Å². The number of nitrogens with zero attached hydrogens (tertiary/aromatic N) is 7. The van der Waals surface area contributed by atoms with Crippen LogP contribution in [0.4, 0.5) is 40.2 Å². The minimum absolute atomic E-state index is 0.0553. The van der Waals surface area contributed by atoms with Gasteiger partial charge in [0.05, 0.1) is 65.5 Å². The first-order chi connectivity index (χ1) is 28.0. The highest BCUT2D eigenvalue weighted by atomic mass is 35.5. The molecule has 0 aliphatic heterocycles. The molecule has 7 rings (SSSR count). The van der Waals surface area contributed by atoms with Gasteiger partial charge in [0.15, 0.2) is 22.6 Å². The predicted octanol–water partition coefficient (Wildman–Crippen LogP) is 6.99. The molecule has 0 amide bonds. The lowest BCUT2D eigenvalue weighted by molar-refractivity contribution is -0.385. The zero-order valence-corrected chi connectivity index (χ0v) is 32.2. The molecule has 0 spiro atoms. The van der Waals surface area contributed by atoms with E-state index in [1.165, 1.54) is 55.6 Å². The summed E-state index contributed by atoms with van der Waals surface area (Å²) < 4.78 is 60.5. The zero-order chi connectivity index (χ0) is 42.5. The van der Waals surface area contributed by atoms with Crippen LogP contribution in [-0.2, 0) is 20.0 Å². The van der Waals surface area contributed by atoms with Crippen LogP contribution >= 0.6 is 11.6 Å². The summed E-state index contributed by atoms with van der Waals surface area (Å²) in [6.45, 7) is 0. The van der Waals surface area contributed by atoms with Crippen LogP contribution < -0.4 is 19.5 Å². The highest BCUT2D eigenvalue weighted by Gasteiger charge is 2.23. The van der Waals surface area contributed by atoms with E-state index in [-0.39, 0.29) is 55.2 Å². The number of sulfonamides is 2. The molecule has 24 heteroatoms. The Morgan fingerprint density at radius 3 is 1.46 bits per heavy atom. The summed E-state index contributed by atoms with van der Waals surface area (Å²) in [5, 5.41) is 35.9. The molecule has 300 valence electrons. The fraction of sp³-hybridized carbons (Fsp3) is 0.0286. The molecule has 0 saturated carbocycles. The van der Waals surface area contributed by atoms with Crippen LogP contribution in [0.1, 0.15) is 0 Å². The molecule has 3 N–H and O–H groups in total. The number of aromatic nitrogens is 4. The summed E-state index contributed by atoms with van der Waals surface area (Å²) in [5.41, 5.74) is 0.945. The number of nitrogens with one attached hydrogen (secondary N) is 3. The van der Waals surface area contributed by atoms with Gasteiger partial charge in [0.25, 0.3) is 37.1 Å². The fourth-order valence-electron chi connectivity index (χ4n) is 5.12. The Kier molecular flexibility index (Phi) is 11.7. The summed E-state index contributed by atoms with van der Waals surface area (Å²) in [6.07, 6.45) is 0. The molecule has 7 aromatic rings. The zero-order valence-electron chi connectivity index (χ0n) is 29.8. The first-order valence-electron chi connectivity index (χ1n) is 16.4. The number of hydrogen-bond donors (Lipinski definition) is 3. The summed E-state index contributed by atoms with van der Waals surface area (Å²) in [6, 6.07) is 26.6. The molecule has 5 aromatic carbocycles. The average Bonchev–Trinajstić information content (AvgIpc) is 3.21. The van der Waals surface area contributed by atoms with Crippen molar-refractivity contribution in [1.29, 1.82) is 0 Å². The third-order valence-corrected chi connectivity index (χ3v) is 10.8. The van der Waals surface area contributed by atoms with Crippen LogP contribution in [0.2, 0.25) is 5.15 Å². The number of fused-ring (bicyclic) bond motifs is 2. The second-order valence-electron chi connectivity index (χ2n) is 11.8. The van der Waals surface area contributed by atoms with E-state index >= 15 is 0 Å². The second-order valence-corrected chi connectivity index (χ2v) is 15.5. The maximum Gasteiger partial charge on any atom is 0.275 e. The van der Waals surface area contributed by atoms with Crippen molar-refractivity contribution in [3.8, 4) is 5.75 Å². The number of ether oxygens (including phenoxy) is 1. The molecule has 0 saturated heterocycles. The molecule has 2 aromatic heterocycles. The number of para-hydroxylation sites is 4. The highest BCUT2D eigenvalue weighted by Crippen LogP contribution is 2.32. The molecule has 0 radical (unpaired) electrons. The molecular formula is C35H25ClN10O11S2. The Labute approximate surface area is 337 Å².